The Kier molecular flexibility index (Phi) is 2.87. The van der Waals surface area contributed by atoms with Crippen molar-refractivity contribution in [3.63, 3.8) is 0 Å². The number of rotatable bonds is 4. The van der Waals surface area contributed by atoms with Gasteiger partial charge in [0.1, 0.15) is 0 Å². The Morgan fingerprint density at radius 1 is 1.57 bits per heavy atom. The second kappa shape index (κ2) is 4.31. The molecule has 1 saturated carbocycles. The van der Waals surface area contributed by atoms with Gasteiger partial charge in [0.15, 0.2) is 0 Å². The van der Waals surface area contributed by atoms with Gasteiger partial charge in [-0.3, -0.25) is 4.79 Å². The summed E-state index contributed by atoms with van der Waals surface area (Å²) in [7, 11) is 0. The van der Waals surface area contributed by atoms with Crippen LogP contribution in [0.25, 0.3) is 0 Å². The topological polar surface area (TPSA) is 41.1 Å². The van der Waals surface area contributed by atoms with Crippen LogP contribution in [-0.2, 0) is 4.79 Å². The third-order valence-electron chi connectivity index (χ3n) is 2.63. The van der Waals surface area contributed by atoms with Gasteiger partial charge in [0.2, 0.25) is 5.91 Å². The molecule has 2 aliphatic rings. The van der Waals surface area contributed by atoms with Gasteiger partial charge in [-0.15, -0.1) is 0 Å². The fraction of sp³-hybridized carbons (Fsp3) is 0.545. The average molecular weight is 192 g/mol. The first-order chi connectivity index (χ1) is 6.86. The summed E-state index contributed by atoms with van der Waals surface area (Å²) in [5, 5.41) is 5.96. The van der Waals surface area contributed by atoms with Crippen LogP contribution in [0.2, 0.25) is 0 Å². The molecule has 14 heavy (non-hydrogen) atoms. The predicted octanol–water partition coefficient (Wildman–Crippen LogP) is 0.946. The second-order valence-electron chi connectivity index (χ2n) is 3.92. The molecule has 1 fully saturated rings. The van der Waals surface area contributed by atoms with Crippen LogP contribution < -0.4 is 10.6 Å². The molecule has 1 aliphatic carbocycles. The van der Waals surface area contributed by atoms with E-state index >= 15 is 0 Å². The van der Waals surface area contributed by atoms with Crippen LogP contribution in [0, 0.1) is 5.92 Å². The molecule has 0 radical (unpaired) electrons. The van der Waals surface area contributed by atoms with Crippen molar-refractivity contribution in [3.8, 4) is 0 Å². The van der Waals surface area contributed by atoms with Gasteiger partial charge in [0.05, 0.1) is 0 Å². The molecule has 1 heterocycles. The first-order valence-corrected chi connectivity index (χ1v) is 5.23. The van der Waals surface area contributed by atoms with Crippen molar-refractivity contribution in [2.24, 2.45) is 5.92 Å². The lowest BCUT2D eigenvalue weighted by Crippen LogP contribution is -2.30. The molecule has 0 aromatic heterocycles. The maximum absolute atomic E-state index is 11.5. The van der Waals surface area contributed by atoms with E-state index in [1.54, 1.807) is 0 Å². The van der Waals surface area contributed by atoms with Crippen molar-refractivity contribution in [2.75, 3.05) is 13.1 Å². The molecule has 2 rings (SSSR count). The Balaban J connectivity index is 1.70. The summed E-state index contributed by atoms with van der Waals surface area (Å²) in [6, 6.07) is 0. The van der Waals surface area contributed by atoms with Crippen molar-refractivity contribution in [1.29, 1.82) is 0 Å². The summed E-state index contributed by atoms with van der Waals surface area (Å²) in [6.07, 6.45) is 9.41. The molecule has 0 bridgehead atoms. The molecule has 0 saturated heterocycles. The first kappa shape index (κ1) is 9.31. The number of hydrogen-bond acceptors (Lipinski definition) is 2. The minimum atomic E-state index is 0.0718. The van der Waals surface area contributed by atoms with Crippen LogP contribution in [0.15, 0.2) is 23.9 Å². The monoisotopic (exact) mass is 192 g/mol. The van der Waals surface area contributed by atoms with E-state index < -0.39 is 0 Å². The molecule has 0 aromatic rings. The molecule has 1 amide bonds. The van der Waals surface area contributed by atoms with Crippen LogP contribution >= 0.6 is 0 Å². The summed E-state index contributed by atoms with van der Waals surface area (Å²) >= 11 is 0. The third kappa shape index (κ3) is 2.62. The normalized spacial score (nSPS) is 19.9. The van der Waals surface area contributed by atoms with Gasteiger partial charge in [-0.05, 0) is 24.6 Å². The molecule has 2 N–H and O–H groups in total. The maximum Gasteiger partial charge on any atom is 0.249 e. The number of allylic oxidation sites excluding steroid dienone is 2. The fourth-order valence-electron chi connectivity index (χ4n) is 1.53. The minimum absolute atomic E-state index is 0.0718. The maximum atomic E-state index is 11.5. The number of dihydropyridines is 1. The van der Waals surface area contributed by atoms with Crippen LogP contribution in [0.3, 0.4) is 0 Å². The van der Waals surface area contributed by atoms with E-state index in [0.717, 1.165) is 24.5 Å². The van der Waals surface area contributed by atoms with Gasteiger partial charge in [-0.25, -0.2) is 0 Å². The van der Waals surface area contributed by atoms with Crippen molar-refractivity contribution >= 4 is 5.91 Å². The van der Waals surface area contributed by atoms with Gasteiger partial charge in [0, 0.05) is 18.7 Å². The Hall–Kier alpha value is -1.25. The molecule has 0 unspecified atom stereocenters. The highest BCUT2D eigenvalue weighted by atomic mass is 16.1. The molecule has 3 nitrogen and oxygen atoms in total. The first-order valence-electron chi connectivity index (χ1n) is 5.23. The van der Waals surface area contributed by atoms with Gasteiger partial charge >= 0.3 is 0 Å². The van der Waals surface area contributed by atoms with Crippen LogP contribution in [0.5, 0.6) is 0 Å². The van der Waals surface area contributed by atoms with Crippen molar-refractivity contribution in [3.05, 3.63) is 23.9 Å². The lowest BCUT2D eigenvalue weighted by molar-refractivity contribution is -0.117. The number of nitrogens with one attached hydrogen (secondary N) is 2. The van der Waals surface area contributed by atoms with Crippen molar-refractivity contribution < 1.29 is 4.79 Å². The van der Waals surface area contributed by atoms with Gasteiger partial charge in [-0.1, -0.05) is 18.9 Å². The third-order valence-corrected chi connectivity index (χ3v) is 2.63. The second-order valence-corrected chi connectivity index (χ2v) is 3.92. The zero-order valence-corrected chi connectivity index (χ0v) is 8.25. The number of hydrogen-bond donors (Lipinski definition) is 2. The van der Waals surface area contributed by atoms with E-state index in [2.05, 4.69) is 10.6 Å². The lowest BCUT2D eigenvalue weighted by atomic mass is 10.2. The van der Waals surface area contributed by atoms with Gasteiger partial charge in [-0.2, -0.15) is 0 Å². The van der Waals surface area contributed by atoms with E-state index in [1.165, 1.54) is 12.8 Å². The Bertz CT molecular complexity index is 277. The summed E-state index contributed by atoms with van der Waals surface area (Å²) in [5.74, 6) is 0.955. The van der Waals surface area contributed by atoms with Crippen LogP contribution in [-0.4, -0.2) is 19.0 Å². The summed E-state index contributed by atoms with van der Waals surface area (Å²) in [5.41, 5.74) is 0.822. The largest absolute Gasteiger partial charge is 0.387 e. The molecule has 0 atom stereocenters. The summed E-state index contributed by atoms with van der Waals surface area (Å²) < 4.78 is 0. The van der Waals surface area contributed by atoms with Crippen LogP contribution in [0.1, 0.15) is 19.3 Å². The number of amides is 1. The highest BCUT2D eigenvalue weighted by molar-refractivity contribution is 5.94. The summed E-state index contributed by atoms with van der Waals surface area (Å²) in [4.78, 5) is 11.5. The minimum Gasteiger partial charge on any atom is -0.387 e. The van der Waals surface area contributed by atoms with Gasteiger partial charge < -0.3 is 10.6 Å². The average Bonchev–Trinajstić information content (AvgIpc) is 3.03. The highest BCUT2D eigenvalue weighted by Gasteiger charge is 2.20. The van der Waals surface area contributed by atoms with E-state index in [-0.39, 0.29) is 5.91 Å². The Labute approximate surface area is 84.3 Å². The quantitative estimate of drug-likeness (QED) is 0.696. The lowest BCUT2D eigenvalue weighted by Gasteiger charge is -2.10. The molecule has 3 heteroatoms. The predicted molar refractivity (Wildman–Crippen MR) is 55.6 cm³/mol. The molecule has 0 aromatic carbocycles. The van der Waals surface area contributed by atoms with E-state index in [1.807, 2.05) is 18.4 Å². The van der Waals surface area contributed by atoms with Crippen LogP contribution in [0.4, 0.5) is 0 Å². The molecular formula is C11H16N2O. The molecule has 76 valence electrons. The van der Waals surface area contributed by atoms with E-state index in [0.29, 0.717) is 6.54 Å². The molecular weight excluding hydrogens is 176 g/mol. The highest BCUT2D eigenvalue weighted by Crippen LogP contribution is 2.31. The van der Waals surface area contributed by atoms with Crippen molar-refractivity contribution in [2.45, 2.75) is 19.3 Å². The zero-order valence-electron chi connectivity index (χ0n) is 8.25. The number of carbonyl (C=O) groups is 1. The molecule has 0 spiro atoms. The summed E-state index contributed by atoms with van der Waals surface area (Å²) in [6.45, 7) is 1.47. The molecule has 1 aliphatic heterocycles. The van der Waals surface area contributed by atoms with E-state index in [4.69, 9.17) is 0 Å². The smallest absolute Gasteiger partial charge is 0.249 e. The fourth-order valence-corrected chi connectivity index (χ4v) is 1.53. The Morgan fingerprint density at radius 2 is 2.43 bits per heavy atom. The SMILES string of the molecule is O=C(NCCC1CC1)C1=CC=CNC1. The Morgan fingerprint density at radius 3 is 3.07 bits per heavy atom. The van der Waals surface area contributed by atoms with Gasteiger partial charge in [0.25, 0.3) is 0 Å². The van der Waals surface area contributed by atoms with E-state index in [9.17, 15) is 4.79 Å². The number of carbonyl (C=O) groups excluding carboxylic acids is 1. The zero-order chi connectivity index (χ0) is 9.80. The standard InChI is InChI=1S/C11H16N2O/c14-11(10-2-1-6-12-8-10)13-7-5-9-3-4-9/h1-2,6,9,12H,3-5,7-8H2,(H,13,14). The van der Waals surface area contributed by atoms with Crippen molar-refractivity contribution in [1.82, 2.24) is 10.6 Å².